The van der Waals surface area contributed by atoms with Crippen LogP contribution >= 0.6 is 0 Å². The molecule has 98 heavy (non-hydrogen) atoms. The first kappa shape index (κ1) is 66.6. The van der Waals surface area contributed by atoms with Gasteiger partial charge in [-0.3, -0.25) is 10.8 Å². The number of aromatic nitrogens is 6. The second-order valence-electron chi connectivity index (χ2n) is 26.4. The van der Waals surface area contributed by atoms with Gasteiger partial charge < -0.3 is 60.0 Å². The van der Waals surface area contributed by atoms with E-state index in [0.29, 0.717) is 5.84 Å². The summed E-state index contributed by atoms with van der Waals surface area (Å²) in [4.78, 5) is 50.5. The highest BCUT2D eigenvalue weighted by Gasteiger charge is 2.22. The van der Waals surface area contributed by atoms with E-state index < -0.39 is 0 Å². The molecule has 15 rings (SSSR count). The van der Waals surface area contributed by atoms with Crippen molar-refractivity contribution in [3.05, 3.63) is 183 Å². The summed E-state index contributed by atoms with van der Waals surface area (Å²) in [5, 5.41) is 18.8. The SMILES string of the molecule is CC(=N)N1CCN(c2ccc(-c3cc(-c4ccc(N5CCN(C(=N)N)CC5)cc4)ncn3)cc2)CC1.CN1CCN(c2ccc(-c3cc(-c4ccc(N5CCN(C)CC5)cc4)ncn3)cc2)CC1.c1nc(-c2ccc(N3CCCCC3)cc2)cc(-c2ccc(N3CCNCC3)cc2)n1. The lowest BCUT2D eigenvalue weighted by Crippen LogP contribution is -2.50. The number of benzene rings is 6. The first-order chi connectivity index (χ1) is 48.0. The number of piperazine rings is 5. The minimum absolute atomic E-state index is 0.149. The van der Waals surface area contributed by atoms with Crippen LogP contribution in [0.25, 0.3) is 67.5 Å². The number of hydrogen-bond donors (Lipinski definition) is 4. The lowest BCUT2D eigenvalue weighted by Gasteiger charge is -2.36. The molecular weight excluding hydrogens is 1220 g/mol. The summed E-state index contributed by atoms with van der Waals surface area (Å²) in [7, 11) is 4.38. The fourth-order valence-electron chi connectivity index (χ4n) is 13.8. The highest BCUT2D eigenvalue weighted by molar-refractivity contribution is 5.78. The van der Waals surface area contributed by atoms with Gasteiger partial charge in [-0.15, -0.1) is 0 Å². The van der Waals surface area contributed by atoms with Crippen molar-refractivity contribution >= 4 is 45.9 Å². The molecule has 20 heteroatoms. The van der Waals surface area contributed by atoms with E-state index in [1.165, 1.54) is 66.5 Å². The third-order valence-electron chi connectivity index (χ3n) is 20.0. The molecule has 0 saturated carbocycles. The first-order valence-electron chi connectivity index (χ1n) is 35.1. The second-order valence-corrected chi connectivity index (χ2v) is 26.4. The zero-order valence-electron chi connectivity index (χ0n) is 57.2. The van der Waals surface area contributed by atoms with Crippen molar-refractivity contribution in [3.8, 4) is 67.5 Å². The van der Waals surface area contributed by atoms with Crippen molar-refractivity contribution in [2.75, 3.05) is 187 Å². The van der Waals surface area contributed by atoms with Gasteiger partial charge in [0.05, 0.1) is 40.0 Å². The molecule has 0 atom stereocenters. The van der Waals surface area contributed by atoms with Gasteiger partial charge in [-0.1, -0.05) is 72.8 Å². The van der Waals surface area contributed by atoms with Crippen LogP contribution in [-0.2, 0) is 0 Å². The van der Waals surface area contributed by atoms with Gasteiger partial charge in [0.25, 0.3) is 0 Å². The number of nitrogens with zero attached hydrogens (tertiary/aromatic N) is 16. The van der Waals surface area contributed by atoms with Crippen LogP contribution in [0.1, 0.15) is 26.2 Å². The number of guanidine groups is 1. The first-order valence-corrected chi connectivity index (χ1v) is 35.1. The molecule has 6 fully saturated rings. The van der Waals surface area contributed by atoms with Crippen LogP contribution in [0.2, 0.25) is 0 Å². The van der Waals surface area contributed by atoms with Crippen molar-refractivity contribution in [2.24, 2.45) is 5.73 Å². The molecule has 5 N–H and O–H groups in total. The Morgan fingerprint density at radius 2 is 0.541 bits per heavy atom. The molecule has 6 aliphatic rings. The van der Waals surface area contributed by atoms with Gasteiger partial charge in [0.15, 0.2) is 5.96 Å². The van der Waals surface area contributed by atoms with Gasteiger partial charge in [-0.25, -0.2) is 29.9 Å². The van der Waals surface area contributed by atoms with Crippen molar-refractivity contribution in [3.63, 3.8) is 0 Å². The topological polar surface area (TPSA) is 195 Å². The van der Waals surface area contributed by atoms with Gasteiger partial charge in [-0.2, -0.15) is 0 Å². The number of rotatable bonds is 12. The van der Waals surface area contributed by atoms with Crippen molar-refractivity contribution < 1.29 is 0 Å². The molecule has 0 bridgehead atoms. The van der Waals surface area contributed by atoms with Crippen LogP contribution in [0.3, 0.4) is 0 Å². The molecule has 0 aliphatic carbocycles. The summed E-state index contributed by atoms with van der Waals surface area (Å²) < 4.78 is 0. The monoisotopic (exact) mass is 1310 g/mol. The molecule has 0 unspecified atom stereocenters. The number of hydrogen-bond acceptors (Lipinski definition) is 17. The number of likely N-dealkylation sites (N-methyl/N-ethyl adjacent to an activating group) is 2. The Labute approximate surface area is 578 Å². The normalized spacial score (nSPS) is 17.2. The molecule has 6 aliphatic heterocycles. The molecular formula is C78H94N20. The maximum absolute atomic E-state index is 7.82. The molecule has 0 amide bonds. The maximum Gasteiger partial charge on any atom is 0.188 e. The molecule has 20 nitrogen and oxygen atoms in total. The summed E-state index contributed by atoms with van der Waals surface area (Å²) in [5.41, 5.74) is 25.5. The second kappa shape index (κ2) is 31.9. The molecule has 3 aromatic heterocycles. The van der Waals surface area contributed by atoms with E-state index in [1.54, 1.807) is 19.0 Å². The molecule has 0 spiro atoms. The highest BCUT2D eigenvalue weighted by Crippen LogP contribution is 2.32. The Kier molecular flexibility index (Phi) is 21.7. The smallest absolute Gasteiger partial charge is 0.188 e. The molecule has 506 valence electrons. The molecule has 6 saturated heterocycles. The van der Waals surface area contributed by atoms with Crippen LogP contribution in [0.5, 0.6) is 0 Å². The molecule has 9 heterocycles. The van der Waals surface area contributed by atoms with E-state index in [4.69, 9.17) is 16.6 Å². The third kappa shape index (κ3) is 16.8. The van der Waals surface area contributed by atoms with E-state index >= 15 is 0 Å². The fraction of sp³-hybridized carbons (Fsp3) is 0.359. The van der Waals surface area contributed by atoms with E-state index in [9.17, 15) is 0 Å². The van der Waals surface area contributed by atoms with Crippen molar-refractivity contribution in [1.82, 2.24) is 54.8 Å². The molecule has 9 aromatic rings. The molecule has 0 radical (unpaired) electrons. The van der Waals surface area contributed by atoms with Gasteiger partial charge in [0.2, 0.25) is 0 Å². The van der Waals surface area contributed by atoms with E-state index in [-0.39, 0.29) is 5.96 Å². The quantitative estimate of drug-likeness (QED) is 0.0665. The average molecular weight is 1310 g/mol. The fourth-order valence-corrected chi connectivity index (χ4v) is 13.8. The lowest BCUT2D eigenvalue weighted by atomic mass is 10.1. The van der Waals surface area contributed by atoms with Crippen LogP contribution in [-0.4, -0.2) is 219 Å². The molecule has 6 aromatic carbocycles. The van der Waals surface area contributed by atoms with Crippen LogP contribution in [0.4, 0.5) is 34.1 Å². The average Bonchev–Trinajstić information content (AvgIpc) is 0.940. The van der Waals surface area contributed by atoms with Gasteiger partial charge >= 0.3 is 0 Å². The third-order valence-corrected chi connectivity index (χ3v) is 20.0. The van der Waals surface area contributed by atoms with E-state index in [0.717, 1.165) is 198 Å². The summed E-state index contributed by atoms with van der Waals surface area (Å²) >= 11 is 0. The predicted molar refractivity (Wildman–Crippen MR) is 402 cm³/mol. The van der Waals surface area contributed by atoms with Crippen molar-refractivity contribution in [1.29, 1.82) is 10.8 Å². The van der Waals surface area contributed by atoms with E-state index in [1.807, 2.05) is 17.9 Å². The van der Waals surface area contributed by atoms with Crippen LogP contribution in [0, 0.1) is 10.8 Å². The Morgan fingerprint density at radius 3 is 0.796 bits per heavy atom. The standard InChI is InChI=1S/C27H33N9.C26H32N6.C25H29N5/c1-20(28)33-10-12-34(13-11-33)23-6-2-21(3-7-23)25-18-26(32-19-31-25)22-4-8-24(9-5-22)35-14-16-36(17-15-35)27(29)30;1-29-11-15-31(16-12-29)23-7-3-21(4-8-23)25-19-26(28-20-27-25)22-5-9-24(10-6-22)32-17-13-30(2)14-18-32;1-2-14-29(15-3-1)22-8-4-20(5-9-22)24-18-25(28-19-27-24)21-6-10-23(11-7-21)30-16-12-26-13-17-30/h2-9,18-19,28H,10-17H2,1H3,(H3,29,30);3-10,19-20H,11-18H2,1-2H3;4-11,18-19,26H,1-3,12-17H2. The predicted octanol–water partition coefficient (Wildman–Crippen LogP) is 10.5. The zero-order chi connectivity index (χ0) is 67.2. The number of nitrogens with one attached hydrogen (secondary N) is 3. The Bertz CT molecular complexity index is 3760. The minimum Gasteiger partial charge on any atom is -0.372 e. The summed E-state index contributed by atoms with van der Waals surface area (Å²) in [5.74, 6) is 0.794. The Balaban J connectivity index is 0.000000133. The highest BCUT2D eigenvalue weighted by atomic mass is 15.3. The number of amidine groups is 1. The van der Waals surface area contributed by atoms with Gasteiger partial charge in [-0.05, 0) is 131 Å². The Hall–Kier alpha value is -10.0. The summed E-state index contributed by atoms with van der Waals surface area (Å²) in [6.45, 7) is 24.1. The number of anilines is 6. The zero-order valence-corrected chi connectivity index (χ0v) is 57.2. The lowest BCUT2D eigenvalue weighted by molar-refractivity contribution is 0.313. The number of piperidine rings is 1. The van der Waals surface area contributed by atoms with Gasteiger partial charge in [0.1, 0.15) is 19.0 Å². The van der Waals surface area contributed by atoms with E-state index in [2.05, 4.69) is 251 Å². The van der Waals surface area contributed by atoms with Crippen molar-refractivity contribution in [2.45, 2.75) is 26.2 Å². The van der Waals surface area contributed by atoms with Crippen LogP contribution < -0.4 is 40.4 Å². The van der Waals surface area contributed by atoms with Gasteiger partial charge in [0, 0.05) is 211 Å². The maximum atomic E-state index is 7.82. The summed E-state index contributed by atoms with van der Waals surface area (Å²) in [6.07, 6.45) is 8.93. The number of nitrogens with two attached hydrogens (primary N) is 1. The minimum atomic E-state index is 0.149. The largest absolute Gasteiger partial charge is 0.372 e. The van der Waals surface area contributed by atoms with Crippen LogP contribution in [0.15, 0.2) is 183 Å². The summed E-state index contributed by atoms with van der Waals surface area (Å²) in [6, 6.07) is 58.4. The Morgan fingerprint density at radius 1 is 0.306 bits per heavy atom.